The Balaban J connectivity index is 1.83. The van der Waals surface area contributed by atoms with Crippen molar-refractivity contribution in [2.75, 3.05) is 46.4 Å². The monoisotopic (exact) mass is 242 g/mol. The largest absolute Gasteiger partial charge is 0.381 e. The van der Waals surface area contributed by atoms with Crippen LogP contribution in [0.5, 0.6) is 0 Å². The first-order chi connectivity index (χ1) is 8.33. The molecule has 1 rings (SSSR count). The third kappa shape index (κ3) is 7.74. The lowest BCUT2D eigenvalue weighted by Crippen LogP contribution is -2.37. The minimum Gasteiger partial charge on any atom is -0.381 e. The molecule has 1 aliphatic rings. The number of piperidine rings is 1. The van der Waals surface area contributed by atoms with Crippen molar-refractivity contribution in [2.45, 2.75) is 39.0 Å². The minimum atomic E-state index is 0.856. The Bertz CT molecular complexity index is 176. The van der Waals surface area contributed by atoms with Gasteiger partial charge in [-0.05, 0) is 58.3 Å². The molecule has 0 aliphatic carbocycles. The molecule has 0 aromatic rings. The molecule has 0 saturated carbocycles. The van der Waals surface area contributed by atoms with Crippen LogP contribution in [0.1, 0.15) is 39.0 Å². The highest BCUT2D eigenvalue weighted by molar-refractivity contribution is 4.72. The molecule has 0 radical (unpaired) electrons. The van der Waals surface area contributed by atoms with Crippen LogP contribution in [-0.2, 0) is 4.74 Å². The minimum absolute atomic E-state index is 0.856. The Morgan fingerprint density at radius 3 is 2.88 bits per heavy atom. The number of hydrogen-bond donors (Lipinski definition) is 1. The lowest BCUT2D eigenvalue weighted by molar-refractivity contribution is 0.128. The maximum absolute atomic E-state index is 5.53. The van der Waals surface area contributed by atoms with Gasteiger partial charge in [-0.3, -0.25) is 0 Å². The van der Waals surface area contributed by atoms with Gasteiger partial charge >= 0.3 is 0 Å². The van der Waals surface area contributed by atoms with Crippen LogP contribution in [0.2, 0.25) is 0 Å². The van der Waals surface area contributed by atoms with Crippen molar-refractivity contribution in [1.29, 1.82) is 0 Å². The van der Waals surface area contributed by atoms with Crippen LogP contribution in [0, 0.1) is 5.92 Å². The molecule has 0 bridgehead atoms. The van der Waals surface area contributed by atoms with Crippen molar-refractivity contribution >= 4 is 0 Å². The summed E-state index contributed by atoms with van der Waals surface area (Å²) in [7, 11) is 2.23. The number of likely N-dealkylation sites (tertiary alicyclic amines) is 1. The molecule has 3 heteroatoms. The van der Waals surface area contributed by atoms with Gasteiger partial charge in [0.2, 0.25) is 0 Å². The third-order valence-electron chi connectivity index (χ3n) is 3.44. The molecular weight excluding hydrogens is 212 g/mol. The summed E-state index contributed by atoms with van der Waals surface area (Å²) in [5.74, 6) is 0.856. The van der Waals surface area contributed by atoms with Crippen LogP contribution in [0.15, 0.2) is 0 Å². The first kappa shape index (κ1) is 14.9. The second kappa shape index (κ2) is 9.86. The summed E-state index contributed by atoms with van der Waals surface area (Å²) in [4.78, 5) is 2.45. The maximum Gasteiger partial charge on any atom is 0.0478 e. The zero-order valence-corrected chi connectivity index (χ0v) is 11.7. The number of unbranched alkanes of at least 4 members (excludes halogenated alkanes) is 1. The van der Waals surface area contributed by atoms with Gasteiger partial charge in [-0.25, -0.2) is 0 Å². The average Bonchev–Trinajstić information content (AvgIpc) is 2.33. The number of nitrogens with one attached hydrogen (secondary N) is 1. The lowest BCUT2D eigenvalue weighted by Gasteiger charge is -2.29. The summed E-state index contributed by atoms with van der Waals surface area (Å²) in [5, 5.41) is 3.56. The van der Waals surface area contributed by atoms with Crippen LogP contribution in [-0.4, -0.2) is 51.3 Å². The smallest absolute Gasteiger partial charge is 0.0478 e. The van der Waals surface area contributed by atoms with Gasteiger partial charge in [0.1, 0.15) is 0 Å². The predicted molar refractivity (Wildman–Crippen MR) is 73.4 cm³/mol. The quantitative estimate of drug-likeness (QED) is 0.627. The van der Waals surface area contributed by atoms with Crippen LogP contribution in [0.4, 0.5) is 0 Å². The SMILES string of the molecule is CCCCOCCCNCC1CCCN(C)C1. The van der Waals surface area contributed by atoms with Gasteiger partial charge in [0.15, 0.2) is 0 Å². The Morgan fingerprint density at radius 2 is 2.12 bits per heavy atom. The highest BCUT2D eigenvalue weighted by atomic mass is 16.5. The first-order valence-electron chi connectivity index (χ1n) is 7.30. The molecule has 1 unspecified atom stereocenters. The fraction of sp³-hybridized carbons (Fsp3) is 1.00. The third-order valence-corrected chi connectivity index (χ3v) is 3.44. The fourth-order valence-corrected chi connectivity index (χ4v) is 2.39. The summed E-state index contributed by atoms with van der Waals surface area (Å²) in [6.45, 7) is 8.88. The van der Waals surface area contributed by atoms with E-state index < -0.39 is 0 Å². The van der Waals surface area contributed by atoms with Gasteiger partial charge in [0.05, 0.1) is 0 Å². The van der Waals surface area contributed by atoms with Crippen LogP contribution in [0.25, 0.3) is 0 Å². The fourth-order valence-electron chi connectivity index (χ4n) is 2.39. The molecule has 1 saturated heterocycles. The second-order valence-electron chi connectivity index (χ2n) is 5.29. The van der Waals surface area contributed by atoms with Crippen molar-refractivity contribution in [2.24, 2.45) is 5.92 Å². The van der Waals surface area contributed by atoms with E-state index >= 15 is 0 Å². The predicted octanol–water partition coefficient (Wildman–Crippen LogP) is 2.12. The number of nitrogens with zero attached hydrogens (tertiary/aromatic N) is 1. The van der Waals surface area contributed by atoms with E-state index in [4.69, 9.17) is 4.74 Å². The zero-order chi connectivity index (χ0) is 12.3. The normalized spacial score (nSPS) is 21.9. The maximum atomic E-state index is 5.53. The lowest BCUT2D eigenvalue weighted by atomic mass is 9.98. The Kier molecular flexibility index (Phi) is 8.67. The van der Waals surface area contributed by atoms with Crippen molar-refractivity contribution in [1.82, 2.24) is 10.2 Å². The van der Waals surface area contributed by atoms with E-state index in [1.807, 2.05) is 0 Å². The summed E-state index contributed by atoms with van der Waals surface area (Å²) < 4.78 is 5.53. The van der Waals surface area contributed by atoms with E-state index in [-0.39, 0.29) is 0 Å². The molecule has 0 amide bonds. The molecular formula is C14H30N2O. The van der Waals surface area contributed by atoms with Gasteiger partial charge < -0.3 is 15.0 Å². The van der Waals surface area contributed by atoms with E-state index in [1.54, 1.807) is 0 Å². The van der Waals surface area contributed by atoms with E-state index in [0.717, 1.165) is 32.1 Å². The Morgan fingerprint density at radius 1 is 1.29 bits per heavy atom. The van der Waals surface area contributed by atoms with Gasteiger partial charge in [-0.2, -0.15) is 0 Å². The molecule has 102 valence electrons. The van der Waals surface area contributed by atoms with Crippen LogP contribution in [0.3, 0.4) is 0 Å². The molecule has 0 spiro atoms. The average molecular weight is 242 g/mol. The van der Waals surface area contributed by atoms with Crippen molar-refractivity contribution in [3.8, 4) is 0 Å². The molecule has 17 heavy (non-hydrogen) atoms. The van der Waals surface area contributed by atoms with Gasteiger partial charge in [0.25, 0.3) is 0 Å². The van der Waals surface area contributed by atoms with Gasteiger partial charge in [0, 0.05) is 19.8 Å². The first-order valence-corrected chi connectivity index (χ1v) is 7.30. The van der Waals surface area contributed by atoms with Gasteiger partial charge in [-0.1, -0.05) is 13.3 Å². The zero-order valence-electron chi connectivity index (χ0n) is 11.7. The van der Waals surface area contributed by atoms with E-state index in [1.165, 1.54) is 45.3 Å². The summed E-state index contributed by atoms with van der Waals surface area (Å²) >= 11 is 0. The summed E-state index contributed by atoms with van der Waals surface area (Å²) in [6, 6.07) is 0. The van der Waals surface area contributed by atoms with Crippen LogP contribution < -0.4 is 5.32 Å². The van der Waals surface area contributed by atoms with E-state index in [2.05, 4.69) is 24.2 Å². The number of rotatable bonds is 9. The standard InChI is InChI=1S/C14H30N2O/c1-3-4-10-17-11-6-8-15-12-14-7-5-9-16(2)13-14/h14-15H,3-13H2,1-2H3. The second-order valence-corrected chi connectivity index (χ2v) is 5.29. The molecule has 1 aliphatic heterocycles. The molecule has 1 heterocycles. The molecule has 1 fully saturated rings. The Labute approximate surface area is 107 Å². The molecule has 1 N–H and O–H groups in total. The number of ether oxygens (including phenoxy) is 1. The van der Waals surface area contributed by atoms with Crippen LogP contribution >= 0.6 is 0 Å². The topological polar surface area (TPSA) is 24.5 Å². The molecule has 3 nitrogen and oxygen atoms in total. The van der Waals surface area contributed by atoms with E-state index in [0.29, 0.717) is 0 Å². The van der Waals surface area contributed by atoms with Crippen molar-refractivity contribution in [3.63, 3.8) is 0 Å². The van der Waals surface area contributed by atoms with Crippen molar-refractivity contribution in [3.05, 3.63) is 0 Å². The molecule has 1 atom stereocenters. The highest BCUT2D eigenvalue weighted by Crippen LogP contribution is 2.13. The molecule has 0 aromatic carbocycles. The van der Waals surface area contributed by atoms with Gasteiger partial charge in [-0.15, -0.1) is 0 Å². The Hall–Kier alpha value is -0.120. The number of hydrogen-bond acceptors (Lipinski definition) is 3. The molecule has 0 aromatic heterocycles. The van der Waals surface area contributed by atoms with E-state index in [9.17, 15) is 0 Å². The summed E-state index contributed by atoms with van der Waals surface area (Å²) in [6.07, 6.45) is 6.33. The highest BCUT2D eigenvalue weighted by Gasteiger charge is 2.15. The summed E-state index contributed by atoms with van der Waals surface area (Å²) in [5.41, 5.74) is 0. The van der Waals surface area contributed by atoms with Crippen molar-refractivity contribution < 1.29 is 4.74 Å².